The van der Waals surface area contributed by atoms with Crippen molar-refractivity contribution in [2.24, 2.45) is 5.92 Å². The van der Waals surface area contributed by atoms with Crippen LogP contribution in [0.3, 0.4) is 0 Å². The van der Waals surface area contributed by atoms with Gasteiger partial charge in [-0.2, -0.15) is 0 Å². The zero-order chi connectivity index (χ0) is 15.9. The Labute approximate surface area is 132 Å². The lowest BCUT2D eigenvalue weighted by atomic mass is 9.97. The fourth-order valence-corrected chi connectivity index (χ4v) is 3.46. The van der Waals surface area contributed by atoms with Gasteiger partial charge in [0.2, 0.25) is 11.8 Å². The largest absolute Gasteiger partial charge is 0.394 e. The van der Waals surface area contributed by atoms with E-state index in [0.29, 0.717) is 6.54 Å². The van der Waals surface area contributed by atoms with E-state index in [0.717, 1.165) is 44.9 Å². The Morgan fingerprint density at radius 3 is 2.55 bits per heavy atom. The first kappa shape index (κ1) is 17.2. The standard InChI is InChI=1S/C16H28N2O4/c1-11(20)18-14-7-6-13(22-15(14)10-19)8-9-17-16(21)12-4-2-3-5-12/h12-15,19H,2-10H2,1H3,(H,17,21)(H,18,20)/t13-,14-,15+/m1/s1. The minimum Gasteiger partial charge on any atom is -0.394 e. The van der Waals surface area contributed by atoms with Crippen molar-refractivity contribution < 1.29 is 19.4 Å². The lowest BCUT2D eigenvalue weighted by Crippen LogP contribution is -2.50. The van der Waals surface area contributed by atoms with Gasteiger partial charge in [0.1, 0.15) is 6.10 Å². The molecule has 0 bridgehead atoms. The van der Waals surface area contributed by atoms with Crippen molar-refractivity contribution in [1.29, 1.82) is 0 Å². The molecule has 6 nitrogen and oxygen atoms in total. The molecule has 0 radical (unpaired) electrons. The fraction of sp³-hybridized carbons (Fsp3) is 0.875. The van der Waals surface area contributed by atoms with Crippen LogP contribution in [0.15, 0.2) is 0 Å². The number of rotatable bonds is 6. The van der Waals surface area contributed by atoms with Gasteiger partial charge in [-0.05, 0) is 32.1 Å². The third kappa shape index (κ3) is 4.95. The molecule has 1 saturated carbocycles. The molecule has 1 aliphatic carbocycles. The molecule has 1 saturated heterocycles. The molecule has 22 heavy (non-hydrogen) atoms. The third-order valence-corrected chi connectivity index (χ3v) is 4.68. The first-order valence-corrected chi connectivity index (χ1v) is 8.41. The molecule has 1 heterocycles. The van der Waals surface area contributed by atoms with Crippen LogP contribution in [0.25, 0.3) is 0 Å². The Bertz CT molecular complexity index is 382. The fourth-order valence-electron chi connectivity index (χ4n) is 3.46. The number of aliphatic hydroxyl groups is 1. The van der Waals surface area contributed by atoms with Gasteiger partial charge in [0.15, 0.2) is 0 Å². The second-order valence-corrected chi connectivity index (χ2v) is 6.42. The Morgan fingerprint density at radius 2 is 1.91 bits per heavy atom. The van der Waals surface area contributed by atoms with Crippen molar-refractivity contribution in [3.05, 3.63) is 0 Å². The number of carbonyl (C=O) groups excluding carboxylic acids is 2. The summed E-state index contributed by atoms with van der Waals surface area (Å²) in [6, 6.07) is -0.119. The van der Waals surface area contributed by atoms with Crippen LogP contribution in [0.5, 0.6) is 0 Å². The first-order valence-electron chi connectivity index (χ1n) is 8.41. The van der Waals surface area contributed by atoms with E-state index in [9.17, 15) is 14.7 Å². The summed E-state index contributed by atoms with van der Waals surface area (Å²) in [6.45, 7) is 1.98. The summed E-state index contributed by atoms with van der Waals surface area (Å²) < 4.78 is 5.84. The van der Waals surface area contributed by atoms with Crippen molar-refractivity contribution in [1.82, 2.24) is 10.6 Å². The molecule has 0 spiro atoms. The summed E-state index contributed by atoms with van der Waals surface area (Å²) in [6.07, 6.45) is 6.40. The molecule has 1 aliphatic heterocycles. The molecule has 0 aromatic heterocycles. The molecular formula is C16H28N2O4. The van der Waals surface area contributed by atoms with Gasteiger partial charge >= 0.3 is 0 Å². The van der Waals surface area contributed by atoms with Gasteiger partial charge in [0.05, 0.1) is 18.8 Å². The average molecular weight is 312 g/mol. The van der Waals surface area contributed by atoms with E-state index in [4.69, 9.17) is 4.74 Å². The molecule has 6 heteroatoms. The second kappa shape index (κ2) is 8.48. The molecule has 0 aromatic rings. The molecule has 2 amide bonds. The molecule has 3 atom stereocenters. The van der Waals surface area contributed by atoms with Gasteiger partial charge in [0, 0.05) is 19.4 Å². The highest BCUT2D eigenvalue weighted by atomic mass is 16.5. The molecule has 0 unspecified atom stereocenters. The van der Waals surface area contributed by atoms with Crippen LogP contribution in [0.2, 0.25) is 0 Å². The number of hydrogen-bond donors (Lipinski definition) is 3. The SMILES string of the molecule is CC(=O)N[C@@H]1CC[C@H](CCNC(=O)C2CCCC2)O[C@H]1CO. The Hall–Kier alpha value is -1.14. The van der Waals surface area contributed by atoms with Crippen LogP contribution in [0.4, 0.5) is 0 Å². The Kier molecular flexibility index (Phi) is 6.64. The minimum absolute atomic E-state index is 0.0334. The zero-order valence-corrected chi connectivity index (χ0v) is 13.3. The molecule has 2 aliphatic rings. The van der Waals surface area contributed by atoms with E-state index in [1.54, 1.807) is 0 Å². The highest BCUT2D eigenvalue weighted by molar-refractivity contribution is 5.78. The van der Waals surface area contributed by atoms with Crippen LogP contribution in [0, 0.1) is 5.92 Å². The maximum atomic E-state index is 11.9. The van der Waals surface area contributed by atoms with E-state index in [1.165, 1.54) is 6.92 Å². The highest BCUT2D eigenvalue weighted by Gasteiger charge is 2.31. The summed E-state index contributed by atoms with van der Waals surface area (Å²) >= 11 is 0. The van der Waals surface area contributed by atoms with Crippen molar-refractivity contribution in [2.75, 3.05) is 13.2 Å². The van der Waals surface area contributed by atoms with Crippen LogP contribution >= 0.6 is 0 Å². The maximum Gasteiger partial charge on any atom is 0.223 e. The van der Waals surface area contributed by atoms with Crippen LogP contribution in [-0.4, -0.2) is 48.3 Å². The van der Waals surface area contributed by atoms with Crippen LogP contribution in [-0.2, 0) is 14.3 Å². The van der Waals surface area contributed by atoms with Gasteiger partial charge in [-0.1, -0.05) is 12.8 Å². The summed E-state index contributed by atoms with van der Waals surface area (Å²) in [5.41, 5.74) is 0. The number of nitrogens with one attached hydrogen (secondary N) is 2. The molecule has 126 valence electrons. The molecule has 3 N–H and O–H groups in total. The van der Waals surface area contributed by atoms with Crippen molar-refractivity contribution >= 4 is 11.8 Å². The van der Waals surface area contributed by atoms with E-state index in [-0.39, 0.29) is 42.6 Å². The van der Waals surface area contributed by atoms with Gasteiger partial charge in [-0.3, -0.25) is 9.59 Å². The number of hydrogen-bond acceptors (Lipinski definition) is 4. The van der Waals surface area contributed by atoms with Crippen LogP contribution in [0.1, 0.15) is 51.9 Å². The third-order valence-electron chi connectivity index (χ3n) is 4.68. The summed E-state index contributed by atoms with van der Waals surface area (Å²) in [5, 5.41) is 15.2. The lowest BCUT2D eigenvalue weighted by Gasteiger charge is -2.36. The van der Waals surface area contributed by atoms with E-state index >= 15 is 0 Å². The van der Waals surface area contributed by atoms with Crippen LogP contribution < -0.4 is 10.6 Å². The summed E-state index contributed by atoms with van der Waals surface area (Å²) in [5.74, 6) is 0.263. The van der Waals surface area contributed by atoms with E-state index in [2.05, 4.69) is 10.6 Å². The second-order valence-electron chi connectivity index (χ2n) is 6.42. The number of aliphatic hydroxyl groups excluding tert-OH is 1. The predicted octanol–water partition coefficient (Wildman–Crippen LogP) is 0.728. The lowest BCUT2D eigenvalue weighted by molar-refractivity contribution is -0.128. The smallest absolute Gasteiger partial charge is 0.223 e. The highest BCUT2D eigenvalue weighted by Crippen LogP contribution is 2.25. The zero-order valence-electron chi connectivity index (χ0n) is 13.3. The van der Waals surface area contributed by atoms with Crippen molar-refractivity contribution in [3.8, 4) is 0 Å². The van der Waals surface area contributed by atoms with E-state index < -0.39 is 0 Å². The Morgan fingerprint density at radius 1 is 1.18 bits per heavy atom. The maximum absolute atomic E-state index is 11.9. The number of carbonyl (C=O) groups is 2. The molecule has 0 aromatic carbocycles. The summed E-state index contributed by atoms with van der Waals surface area (Å²) in [4.78, 5) is 23.1. The molecule has 2 fully saturated rings. The summed E-state index contributed by atoms with van der Waals surface area (Å²) in [7, 11) is 0. The quantitative estimate of drug-likeness (QED) is 0.674. The predicted molar refractivity (Wildman–Crippen MR) is 82.2 cm³/mol. The Balaban J connectivity index is 1.68. The topological polar surface area (TPSA) is 87.7 Å². The van der Waals surface area contributed by atoms with Crippen molar-refractivity contribution in [2.45, 2.75) is 70.1 Å². The van der Waals surface area contributed by atoms with Gasteiger partial charge in [-0.25, -0.2) is 0 Å². The van der Waals surface area contributed by atoms with Gasteiger partial charge in [-0.15, -0.1) is 0 Å². The minimum atomic E-state index is -0.354. The van der Waals surface area contributed by atoms with Gasteiger partial charge < -0.3 is 20.5 Å². The number of ether oxygens (including phenoxy) is 1. The monoisotopic (exact) mass is 312 g/mol. The van der Waals surface area contributed by atoms with Gasteiger partial charge in [0.25, 0.3) is 0 Å². The van der Waals surface area contributed by atoms with Crippen molar-refractivity contribution in [3.63, 3.8) is 0 Å². The van der Waals surface area contributed by atoms with E-state index in [1.807, 2.05) is 0 Å². The normalized spacial score (nSPS) is 29.3. The average Bonchev–Trinajstić information content (AvgIpc) is 3.02. The molecular weight excluding hydrogens is 284 g/mol. The molecule has 2 rings (SSSR count). The number of amides is 2. The first-order chi connectivity index (χ1) is 10.6.